The van der Waals surface area contributed by atoms with Crippen LogP contribution in [0.3, 0.4) is 0 Å². The minimum absolute atomic E-state index is 0.0240. The summed E-state index contributed by atoms with van der Waals surface area (Å²) in [5.41, 5.74) is 1.84. The Morgan fingerprint density at radius 2 is 1.44 bits per heavy atom. The SMILES string of the molecule is Cc1ccc(S(=O)(=O)NCCC[C@H](NC(=O)c2cccn(C(c3ccccc3)c3ccccc3)c2=O)C(=O)O)cc1. The fourth-order valence-electron chi connectivity index (χ4n) is 4.48. The minimum Gasteiger partial charge on any atom is -0.480 e. The third-order valence-corrected chi connectivity index (χ3v) is 8.10. The molecule has 3 aromatic carbocycles. The molecule has 0 saturated carbocycles. The molecule has 4 aromatic rings. The molecular formula is C31H31N3O6S. The van der Waals surface area contributed by atoms with Crippen LogP contribution in [0, 0.1) is 6.92 Å². The van der Waals surface area contributed by atoms with E-state index in [0.29, 0.717) is 0 Å². The van der Waals surface area contributed by atoms with Crippen molar-refractivity contribution in [2.75, 3.05) is 6.54 Å². The number of nitrogens with zero attached hydrogens (tertiary/aromatic N) is 1. The van der Waals surface area contributed by atoms with Gasteiger partial charge >= 0.3 is 5.97 Å². The maximum Gasteiger partial charge on any atom is 0.326 e. The summed E-state index contributed by atoms with van der Waals surface area (Å²) in [5.74, 6) is -2.11. The molecule has 212 valence electrons. The highest BCUT2D eigenvalue weighted by atomic mass is 32.2. The van der Waals surface area contributed by atoms with E-state index < -0.39 is 39.5 Å². The van der Waals surface area contributed by atoms with Gasteiger partial charge in [-0.3, -0.25) is 9.59 Å². The van der Waals surface area contributed by atoms with Crippen LogP contribution < -0.4 is 15.6 Å². The van der Waals surface area contributed by atoms with Gasteiger partial charge < -0.3 is 15.0 Å². The predicted molar refractivity (Wildman–Crippen MR) is 155 cm³/mol. The Morgan fingerprint density at radius 3 is 2.00 bits per heavy atom. The maximum atomic E-state index is 13.6. The number of aromatic nitrogens is 1. The van der Waals surface area contributed by atoms with E-state index in [2.05, 4.69) is 10.0 Å². The molecule has 1 atom stereocenters. The average molecular weight is 574 g/mol. The van der Waals surface area contributed by atoms with Gasteiger partial charge in [-0.15, -0.1) is 0 Å². The lowest BCUT2D eigenvalue weighted by atomic mass is 9.98. The number of carbonyl (C=O) groups is 2. The van der Waals surface area contributed by atoms with E-state index in [4.69, 9.17) is 0 Å². The molecule has 0 saturated heterocycles. The number of carbonyl (C=O) groups excluding carboxylic acids is 1. The third-order valence-electron chi connectivity index (χ3n) is 6.62. The second kappa shape index (κ2) is 13.2. The van der Waals surface area contributed by atoms with Gasteiger partial charge in [0.1, 0.15) is 11.6 Å². The molecule has 0 aliphatic rings. The molecule has 9 nitrogen and oxygen atoms in total. The van der Waals surface area contributed by atoms with Gasteiger partial charge in [0.25, 0.3) is 11.5 Å². The summed E-state index contributed by atoms with van der Waals surface area (Å²) in [6, 6.07) is 26.2. The number of hydrogen-bond acceptors (Lipinski definition) is 5. The zero-order valence-electron chi connectivity index (χ0n) is 22.4. The molecule has 0 spiro atoms. The number of amides is 1. The van der Waals surface area contributed by atoms with E-state index in [1.54, 1.807) is 24.4 Å². The standard InChI is InChI=1S/C31H31N3O6S/c1-22-16-18-25(19-17-22)41(39,40)32-20-8-15-27(31(37)38)33-29(35)26-14-9-21-34(30(26)36)28(23-10-4-2-5-11-23)24-12-6-3-7-13-24/h2-7,9-14,16-19,21,27-28,32H,8,15,20H2,1H3,(H,33,35)(H,37,38)/t27-/m0/s1. The number of aliphatic carboxylic acids is 1. The molecule has 1 heterocycles. The molecular weight excluding hydrogens is 542 g/mol. The number of pyridine rings is 1. The molecule has 3 N–H and O–H groups in total. The molecule has 1 aromatic heterocycles. The number of carboxylic acid groups (broad SMARTS) is 1. The summed E-state index contributed by atoms with van der Waals surface area (Å²) >= 11 is 0. The lowest BCUT2D eigenvalue weighted by molar-refractivity contribution is -0.139. The van der Waals surface area contributed by atoms with Crippen LogP contribution in [0.5, 0.6) is 0 Å². The molecule has 0 aliphatic carbocycles. The van der Waals surface area contributed by atoms with Gasteiger partial charge in [-0.25, -0.2) is 17.9 Å². The van der Waals surface area contributed by atoms with Crippen LogP contribution in [0.25, 0.3) is 0 Å². The first kappa shape index (κ1) is 29.4. The van der Waals surface area contributed by atoms with E-state index in [1.165, 1.54) is 22.8 Å². The summed E-state index contributed by atoms with van der Waals surface area (Å²) in [4.78, 5) is 38.7. The Bertz CT molecular complexity index is 1610. The predicted octanol–water partition coefficient (Wildman–Crippen LogP) is 3.74. The van der Waals surface area contributed by atoms with Crippen molar-refractivity contribution in [1.82, 2.24) is 14.6 Å². The van der Waals surface area contributed by atoms with E-state index >= 15 is 0 Å². The topological polar surface area (TPSA) is 135 Å². The van der Waals surface area contributed by atoms with E-state index in [9.17, 15) is 27.9 Å². The summed E-state index contributed by atoms with van der Waals surface area (Å²) in [6.07, 6.45) is 1.69. The smallest absolute Gasteiger partial charge is 0.326 e. The minimum atomic E-state index is -3.75. The Kier molecular flexibility index (Phi) is 9.49. The molecule has 4 rings (SSSR count). The molecule has 41 heavy (non-hydrogen) atoms. The van der Waals surface area contributed by atoms with E-state index in [0.717, 1.165) is 16.7 Å². The van der Waals surface area contributed by atoms with E-state index in [1.807, 2.05) is 67.6 Å². The first-order valence-corrected chi connectivity index (χ1v) is 14.6. The largest absolute Gasteiger partial charge is 0.480 e. The molecule has 1 amide bonds. The van der Waals surface area contributed by atoms with Crippen molar-refractivity contribution in [3.8, 4) is 0 Å². The molecule has 0 fully saturated rings. The fraction of sp³-hybridized carbons (Fsp3) is 0.194. The van der Waals surface area contributed by atoms with Gasteiger partial charge in [0, 0.05) is 12.7 Å². The van der Waals surface area contributed by atoms with Crippen molar-refractivity contribution in [2.45, 2.75) is 36.7 Å². The Hall–Kier alpha value is -4.54. The Balaban J connectivity index is 1.48. The van der Waals surface area contributed by atoms with Gasteiger partial charge in [-0.2, -0.15) is 0 Å². The fourth-order valence-corrected chi connectivity index (χ4v) is 5.55. The van der Waals surface area contributed by atoms with Crippen LogP contribution >= 0.6 is 0 Å². The highest BCUT2D eigenvalue weighted by Crippen LogP contribution is 2.25. The van der Waals surface area contributed by atoms with Gasteiger partial charge in [-0.1, -0.05) is 78.4 Å². The summed E-state index contributed by atoms with van der Waals surface area (Å²) in [6.45, 7) is 1.82. The van der Waals surface area contributed by atoms with Crippen LogP contribution in [0.4, 0.5) is 0 Å². The van der Waals surface area contributed by atoms with E-state index in [-0.39, 0.29) is 29.8 Å². The van der Waals surface area contributed by atoms with Crippen molar-refractivity contribution in [3.05, 3.63) is 136 Å². The Labute approximate surface area is 238 Å². The third kappa shape index (κ3) is 7.36. The molecule has 0 aliphatic heterocycles. The lowest BCUT2D eigenvalue weighted by Gasteiger charge is -2.22. The zero-order chi connectivity index (χ0) is 29.4. The molecule has 0 unspecified atom stereocenters. The quantitative estimate of drug-likeness (QED) is 0.221. The molecule has 0 radical (unpaired) electrons. The zero-order valence-corrected chi connectivity index (χ0v) is 23.3. The number of rotatable bonds is 12. The number of benzene rings is 3. The summed E-state index contributed by atoms with van der Waals surface area (Å²) in [7, 11) is -3.75. The van der Waals surface area contributed by atoms with Crippen molar-refractivity contribution in [1.29, 1.82) is 0 Å². The van der Waals surface area contributed by atoms with Crippen LogP contribution in [-0.2, 0) is 14.8 Å². The van der Waals surface area contributed by atoms with Crippen LogP contribution in [-0.4, -0.2) is 42.6 Å². The van der Waals surface area contributed by atoms with Crippen molar-refractivity contribution in [3.63, 3.8) is 0 Å². The van der Waals surface area contributed by atoms with Crippen LogP contribution in [0.2, 0.25) is 0 Å². The van der Waals surface area contributed by atoms with Crippen molar-refractivity contribution in [2.24, 2.45) is 0 Å². The number of aryl methyl sites for hydroxylation is 1. The number of nitrogens with one attached hydrogen (secondary N) is 2. The highest BCUT2D eigenvalue weighted by Gasteiger charge is 2.25. The van der Waals surface area contributed by atoms with Gasteiger partial charge in [0.2, 0.25) is 10.0 Å². The van der Waals surface area contributed by atoms with Crippen LogP contribution in [0.1, 0.15) is 45.9 Å². The number of carboxylic acids is 1. The van der Waals surface area contributed by atoms with Crippen molar-refractivity contribution < 1.29 is 23.1 Å². The first-order chi connectivity index (χ1) is 19.7. The molecule has 0 bridgehead atoms. The normalized spacial score (nSPS) is 12.1. The van der Waals surface area contributed by atoms with Gasteiger partial charge in [0.15, 0.2) is 0 Å². The van der Waals surface area contributed by atoms with Gasteiger partial charge in [-0.05, 0) is 55.2 Å². The Morgan fingerprint density at radius 1 is 0.854 bits per heavy atom. The van der Waals surface area contributed by atoms with Gasteiger partial charge in [0.05, 0.1) is 10.9 Å². The maximum absolute atomic E-state index is 13.6. The monoisotopic (exact) mass is 573 g/mol. The summed E-state index contributed by atoms with van der Waals surface area (Å²) in [5, 5.41) is 12.1. The second-order valence-electron chi connectivity index (χ2n) is 9.58. The number of hydrogen-bond donors (Lipinski definition) is 3. The van der Waals surface area contributed by atoms with Crippen LogP contribution in [0.15, 0.2) is 113 Å². The highest BCUT2D eigenvalue weighted by molar-refractivity contribution is 7.89. The molecule has 10 heteroatoms. The average Bonchev–Trinajstić information content (AvgIpc) is 2.97. The first-order valence-electron chi connectivity index (χ1n) is 13.1. The number of sulfonamides is 1. The summed E-state index contributed by atoms with van der Waals surface area (Å²) < 4.78 is 28.9. The van der Waals surface area contributed by atoms with Crippen molar-refractivity contribution >= 4 is 21.9 Å². The lowest BCUT2D eigenvalue weighted by Crippen LogP contribution is -2.44. The second-order valence-corrected chi connectivity index (χ2v) is 11.3.